The van der Waals surface area contributed by atoms with Gasteiger partial charge in [-0.2, -0.15) is 0 Å². The van der Waals surface area contributed by atoms with Crippen LogP contribution in [-0.4, -0.2) is 96.7 Å². The maximum absolute atomic E-state index is 13.1. The number of carbonyl (C=O) groups is 4. The van der Waals surface area contributed by atoms with Gasteiger partial charge in [0.15, 0.2) is 12.2 Å². The second-order valence-corrected chi connectivity index (χ2v) is 30.3. The zero-order valence-corrected chi connectivity index (χ0v) is 62.3. The summed E-state index contributed by atoms with van der Waals surface area (Å²) in [4.78, 5) is 72.4. The van der Waals surface area contributed by atoms with Crippen molar-refractivity contribution in [2.24, 2.45) is 11.8 Å². The van der Waals surface area contributed by atoms with Crippen molar-refractivity contribution in [3.63, 3.8) is 0 Å². The summed E-state index contributed by atoms with van der Waals surface area (Å²) >= 11 is 0. The third-order valence-electron chi connectivity index (χ3n) is 17.6. The molecule has 6 atom stereocenters. The smallest absolute Gasteiger partial charge is 0.462 e. The minimum Gasteiger partial charge on any atom is -0.462 e. The lowest BCUT2D eigenvalue weighted by atomic mass is 9.99. The van der Waals surface area contributed by atoms with Crippen molar-refractivity contribution in [2.45, 2.75) is 400 Å². The van der Waals surface area contributed by atoms with Gasteiger partial charge in [0, 0.05) is 25.7 Å². The van der Waals surface area contributed by atoms with Crippen molar-refractivity contribution in [3.8, 4) is 0 Å². The van der Waals surface area contributed by atoms with Gasteiger partial charge in [0.2, 0.25) is 0 Å². The van der Waals surface area contributed by atoms with Crippen LogP contribution in [0.2, 0.25) is 0 Å². The van der Waals surface area contributed by atoms with Gasteiger partial charge in [-0.1, -0.05) is 330 Å². The van der Waals surface area contributed by atoms with E-state index < -0.39 is 97.5 Å². The molecule has 0 rings (SSSR count). The minimum absolute atomic E-state index is 0.105. The summed E-state index contributed by atoms with van der Waals surface area (Å²) in [6, 6.07) is 0. The quantitative estimate of drug-likeness (QED) is 0.0222. The molecule has 3 N–H and O–H groups in total. The highest BCUT2D eigenvalue weighted by Gasteiger charge is 2.30. The van der Waals surface area contributed by atoms with E-state index in [1.165, 1.54) is 193 Å². The summed E-state index contributed by atoms with van der Waals surface area (Å²) in [5, 5.41) is 10.6. The normalized spacial score (nSPS) is 14.3. The standard InChI is InChI=1S/C74H144O17P2/c1-7-10-12-14-15-16-17-18-19-20-21-22-23-24-25-26-27-35-40-46-52-58-74(79)91-70(63-85-72(77)57-51-45-39-34-31-29-33-38-44-49-55-67(6)9-3)65-89-93(82,83)87-61-68(75)60-86-92(80,81)88-64-69(62-84-71(76)56-50-42-13-11-8-2)90-73(78)59-53-47-41-36-30-28-32-37-43-48-54-66(4)5/h66-70,75H,7-65H2,1-6H3,(H,80,81)(H,82,83)/t67?,68-,69+,70+/m0/s1. The topological polar surface area (TPSA) is 237 Å². The summed E-state index contributed by atoms with van der Waals surface area (Å²) in [6.07, 6.45) is 53.2. The molecular weight excluding hydrogens is 1220 g/mol. The Bertz CT molecular complexity index is 1810. The molecule has 93 heavy (non-hydrogen) atoms. The third kappa shape index (κ3) is 67.0. The molecular formula is C74H144O17P2. The molecule has 0 aliphatic heterocycles. The molecule has 0 saturated heterocycles. The van der Waals surface area contributed by atoms with Crippen LogP contribution in [0.1, 0.15) is 382 Å². The Hall–Kier alpha value is -1.94. The average Bonchev–Trinajstić information content (AvgIpc) is 3.65. The van der Waals surface area contributed by atoms with Gasteiger partial charge in [-0.25, -0.2) is 9.13 Å². The minimum atomic E-state index is -4.95. The zero-order chi connectivity index (χ0) is 68.6. The summed E-state index contributed by atoms with van der Waals surface area (Å²) in [7, 11) is -9.90. The van der Waals surface area contributed by atoms with E-state index in [0.29, 0.717) is 25.7 Å². The van der Waals surface area contributed by atoms with E-state index >= 15 is 0 Å². The molecule has 0 aromatic carbocycles. The number of unbranched alkanes of at least 4 members (excludes halogenated alkanes) is 42. The fraction of sp³-hybridized carbons (Fsp3) is 0.946. The number of hydrogen-bond donors (Lipinski definition) is 3. The number of carbonyl (C=O) groups excluding carboxylic acids is 4. The first-order valence-electron chi connectivity index (χ1n) is 38.5. The van der Waals surface area contributed by atoms with Gasteiger partial charge in [0.1, 0.15) is 19.3 Å². The molecule has 0 aromatic rings. The van der Waals surface area contributed by atoms with Crippen LogP contribution in [0, 0.1) is 11.8 Å². The molecule has 0 aliphatic carbocycles. The van der Waals surface area contributed by atoms with Gasteiger partial charge in [0.25, 0.3) is 0 Å². The van der Waals surface area contributed by atoms with Crippen LogP contribution in [0.25, 0.3) is 0 Å². The zero-order valence-electron chi connectivity index (χ0n) is 60.6. The van der Waals surface area contributed by atoms with Gasteiger partial charge >= 0.3 is 39.5 Å². The Balaban J connectivity index is 5.12. The molecule has 0 fully saturated rings. The van der Waals surface area contributed by atoms with Crippen LogP contribution >= 0.6 is 15.6 Å². The lowest BCUT2D eigenvalue weighted by Gasteiger charge is -2.21. The van der Waals surface area contributed by atoms with Crippen molar-refractivity contribution in [2.75, 3.05) is 39.6 Å². The number of aliphatic hydroxyl groups excluding tert-OH is 1. The first-order valence-corrected chi connectivity index (χ1v) is 41.5. The van der Waals surface area contributed by atoms with Crippen molar-refractivity contribution in [1.29, 1.82) is 0 Å². The first-order chi connectivity index (χ1) is 44.9. The second-order valence-electron chi connectivity index (χ2n) is 27.4. The third-order valence-corrected chi connectivity index (χ3v) is 19.5. The molecule has 0 aromatic heterocycles. The highest BCUT2D eigenvalue weighted by atomic mass is 31.2. The summed E-state index contributed by atoms with van der Waals surface area (Å²) in [6.45, 7) is 9.50. The van der Waals surface area contributed by atoms with Crippen LogP contribution in [0.5, 0.6) is 0 Å². The Morgan fingerprint density at radius 2 is 0.548 bits per heavy atom. The SMILES string of the molecule is CCCCCCCCCCCCCCCCCCCCCCCC(=O)O[C@H](COC(=O)CCCCCCCCCCCCC(C)CC)COP(=O)(O)OC[C@@H](O)COP(=O)(O)OC[C@@H](COC(=O)CCCCCCC)OC(=O)CCCCCCCCCCCCC(C)C. The fourth-order valence-corrected chi connectivity index (χ4v) is 12.8. The van der Waals surface area contributed by atoms with Crippen LogP contribution in [0.3, 0.4) is 0 Å². The summed E-state index contributed by atoms with van der Waals surface area (Å²) in [5.74, 6) is -0.569. The molecule has 0 radical (unpaired) electrons. The number of phosphoric ester groups is 2. The van der Waals surface area contributed by atoms with E-state index in [0.717, 1.165) is 108 Å². The predicted molar refractivity (Wildman–Crippen MR) is 377 cm³/mol. The van der Waals surface area contributed by atoms with Gasteiger partial charge < -0.3 is 33.8 Å². The molecule has 17 nitrogen and oxygen atoms in total. The molecule has 19 heteroatoms. The van der Waals surface area contributed by atoms with Gasteiger partial charge in [-0.15, -0.1) is 0 Å². The van der Waals surface area contributed by atoms with Gasteiger partial charge in [-0.3, -0.25) is 37.3 Å². The second kappa shape index (κ2) is 66.0. The van der Waals surface area contributed by atoms with E-state index in [-0.39, 0.29) is 25.7 Å². The van der Waals surface area contributed by atoms with Crippen molar-refractivity contribution < 1.29 is 80.2 Å². The number of phosphoric acid groups is 2. The fourth-order valence-electron chi connectivity index (χ4n) is 11.3. The highest BCUT2D eigenvalue weighted by molar-refractivity contribution is 7.47. The van der Waals surface area contributed by atoms with Crippen LogP contribution in [0.4, 0.5) is 0 Å². The lowest BCUT2D eigenvalue weighted by molar-refractivity contribution is -0.161. The summed E-state index contributed by atoms with van der Waals surface area (Å²) < 4.78 is 68.2. The lowest BCUT2D eigenvalue weighted by Crippen LogP contribution is -2.30. The Morgan fingerprint density at radius 1 is 0.312 bits per heavy atom. The number of ether oxygens (including phenoxy) is 4. The number of rotatable bonds is 73. The molecule has 552 valence electrons. The Kier molecular flexibility index (Phi) is 64.6. The number of aliphatic hydroxyl groups is 1. The van der Waals surface area contributed by atoms with Crippen LogP contribution in [0.15, 0.2) is 0 Å². The molecule has 0 spiro atoms. The predicted octanol–water partition coefficient (Wildman–Crippen LogP) is 21.6. The van der Waals surface area contributed by atoms with Gasteiger partial charge in [0.05, 0.1) is 26.4 Å². The highest BCUT2D eigenvalue weighted by Crippen LogP contribution is 2.45. The maximum Gasteiger partial charge on any atom is 0.472 e. The monoisotopic (exact) mass is 1370 g/mol. The largest absolute Gasteiger partial charge is 0.472 e. The molecule has 0 bridgehead atoms. The van der Waals surface area contributed by atoms with E-state index in [1.54, 1.807) is 0 Å². The Labute approximate surface area is 568 Å². The Morgan fingerprint density at radius 3 is 0.817 bits per heavy atom. The molecule has 0 saturated carbocycles. The average molecular weight is 1370 g/mol. The number of hydrogen-bond acceptors (Lipinski definition) is 15. The van der Waals surface area contributed by atoms with Crippen molar-refractivity contribution in [3.05, 3.63) is 0 Å². The molecule has 0 heterocycles. The summed E-state index contributed by atoms with van der Waals surface area (Å²) in [5.41, 5.74) is 0. The molecule has 3 unspecified atom stereocenters. The van der Waals surface area contributed by atoms with Crippen molar-refractivity contribution in [1.82, 2.24) is 0 Å². The molecule has 0 aliphatic rings. The van der Waals surface area contributed by atoms with Crippen molar-refractivity contribution >= 4 is 39.5 Å². The van der Waals surface area contributed by atoms with E-state index in [1.807, 2.05) is 0 Å². The maximum atomic E-state index is 13.1. The molecule has 0 amide bonds. The van der Waals surface area contributed by atoms with Crippen LogP contribution in [-0.2, 0) is 65.4 Å². The van der Waals surface area contributed by atoms with E-state index in [2.05, 4.69) is 41.5 Å². The van der Waals surface area contributed by atoms with E-state index in [4.69, 9.17) is 37.0 Å². The first kappa shape index (κ1) is 91.1. The van der Waals surface area contributed by atoms with Crippen LogP contribution < -0.4 is 0 Å². The van der Waals surface area contributed by atoms with E-state index in [9.17, 15) is 43.2 Å². The van der Waals surface area contributed by atoms with Gasteiger partial charge in [-0.05, 0) is 37.5 Å². The number of esters is 4.